The zero-order chi connectivity index (χ0) is 13.7. The molecule has 2 amide bonds. The van der Waals surface area contributed by atoms with Gasteiger partial charge in [0.1, 0.15) is 11.6 Å². The van der Waals surface area contributed by atoms with E-state index in [2.05, 4.69) is 10.6 Å². The van der Waals surface area contributed by atoms with E-state index < -0.39 is 5.91 Å². The number of hydrogen-bond donors (Lipinski definition) is 3. The number of rotatable bonds is 5. The molecule has 1 aromatic rings. The highest BCUT2D eigenvalue weighted by Crippen LogP contribution is 2.22. The highest BCUT2D eigenvalue weighted by Gasteiger charge is 2.16. The fourth-order valence-corrected chi connectivity index (χ4v) is 2.73. The van der Waals surface area contributed by atoms with Gasteiger partial charge in [0.2, 0.25) is 0 Å². The van der Waals surface area contributed by atoms with Gasteiger partial charge in [-0.1, -0.05) is 0 Å². The summed E-state index contributed by atoms with van der Waals surface area (Å²) in [6, 6.07) is 1.59. The largest absolute Gasteiger partial charge is 0.368 e. The fourth-order valence-electron chi connectivity index (χ4n) is 1.92. The lowest BCUT2D eigenvalue weighted by Gasteiger charge is -2.22. The van der Waals surface area contributed by atoms with Crippen LogP contribution in [0.25, 0.3) is 0 Å². The van der Waals surface area contributed by atoms with Crippen LogP contribution in [0.4, 0.5) is 5.00 Å². The minimum Gasteiger partial charge on any atom is -0.368 e. The minimum absolute atomic E-state index is 0.000762. The molecule has 0 atom stereocenters. The number of thiophene rings is 1. The van der Waals surface area contributed by atoms with Gasteiger partial charge in [-0.3, -0.25) is 9.59 Å². The Morgan fingerprint density at radius 3 is 2.89 bits per heavy atom. The first kappa shape index (κ1) is 14.0. The van der Waals surface area contributed by atoms with Gasteiger partial charge in [-0.05, 0) is 37.4 Å². The van der Waals surface area contributed by atoms with E-state index >= 15 is 0 Å². The summed E-state index contributed by atoms with van der Waals surface area (Å²) in [4.78, 5) is 22.8. The number of nitrogens with two attached hydrogens (primary N) is 1. The second-order valence-electron chi connectivity index (χ2n) is 4.34. The summed E-state index contributed by atoms with van der Waals surface area (Å²) in [5, 5.41) is 8.07. The summed E-state index contributed by atoms with van der Waals surface area (Å²) in [6.45, 7) is 1.84. The molecular weight excluding hydrogens is 266 g/mol. The Labute approximate surface area is 115 Å². The van der Waals surface area contributed by atoms with E-state index in [1.807, 2.05) is 0 Å². The molecule has 7 heteroatoms. The highest BCUT2D eigenvalue weighted by atomic mass is 32.1. The van der Waals surface area contributed by atoms with E-state index in [0.29, 0.717) is 10.6 Å². The number of nitrogens with one attached hydrogen (secondary N) is 2. The molecule has 0 saturated carbocycles. The Bertz CT molecular complexity index is 455. The minimum atomic E-state index is -0.546. The number of carbonyl (C=O) groups excluding carboxylic acids is 2. The van der Waals surface area contributed by atoms with Gasteiger partial charge in [-0.2, -0.15) is 0 Å². The number of hydrogen-bond acceptors (Lipinski definition) is 5. The Kier molecular flexibility index (Phi) is 4.89. The number of amides is 2. The van der Waals surface area contributed by atoms with E-state index in [4.69, 9.17) is 10.5 Å². The van der Waals surface area contributed by atoms with E-state index in [-0.39, 0.29) is 18.6 Å². The van der Waals surface area contributed by atoms with E-state index in [0.717, 1.165) is 25.9 Å². The van der Waals surface area contributed by atoms with Crippen molar-refractivity contribution in [2.24, 2.45) is 5.73 Å². The monoisotopic (exact) mass is 283 g/mol. The number of anilines is 1. The van der Waals surface area contributed by atoms with Crippen LogP contribution in [0.3, 0.4) is 0 Å². The van der Waals surface area contributed by atoms with Crippen LogP contribution < -0.4 is 16.4 Å². The number of ether oxygens (including phenoxy) is 1. The summed E-state index contributed by atoms with van der Waals surface area (Å²) in [5.41, 5.74) is 5.54. The molecule has 0 radical (unpaired) electrons. The normalized spacial score (nSPS) is 16.2. The molecule has 104 valence electrons. The van der Waals surface area contributed by atoms with E-state index in [9.17, 15) is 9.59 Å². The molecule has 2 rings (SSSR count). The third-order valence-corrected chi connectivity index (χ3v) is 3.75. The average molecular weight is 283 g/mol. The van der Waals surface area contributed by atoms with Gasteiger partial charge >= 0.3 is 0 Å². The zero-order valence-corrected chi connectivity index (χ0v) is 11.3. The summed E-state index contributed by atoms with van der Waals surface area (Å²) in [6.07, 6.45) is 1.96. The van der Waals surface area contributed by atoms with Crippen molar-refractivity contribution in [3.8, 4) is 0 Å². The molecule has 0 aliphatic carbocycles. The van der Waals surface area contributed by atoms with Crippen molar-refractivity contribution >= 4 is 28.2 Å². The maximum Gasteiger partial charge on any atom is 0.251 e. The molecule has 1 fully saturated rings. The number of primary amides is 1. The molecule has 19 heavy (non-hydrogen) atoms. The maximum atomic E-state index is 11.7. The predicted molar refractivity (Wildman–Crippen MR) is 73.3 cm³/mol. The van der Waals surface area contributed by atoms with Gasteiger partial charge in [-0.15, -0.1) is 11.3 Å². The van der Waals surface area contributed by atoms with Gasteiger partial charge in [0, 0.05) is 0 Å². The molecule has 0 unspecified atom stereocenters. The van der Waals surface area contributed by atoms with Gasteiger partial charge in [-0.25, -0.2) is 0 Å². The molecule has 0 bridgehead atoms. The second kappa shape index (κ2) is 6.65. The average Bonchev–Trinajstić information content (AvgIpc) is 2.86. The van der Waals surface area contributed by atoms with Crippen LogP contribution in [0.5, 0.6) is 0 Å². The molecule has 4 N–H and O–H groups in total. The van der Waals surface area contributed by atoms with Gasteiger partial charge in [0.05, 0.1) is 11.7 Å². The molecule has 1 aliphatic rings. The van der Waals surface area contributed by atoms with Crippen LogP contribution in [-0.2, 0) is 9.53 Å². The summed E-state index contributed by atoms with van der Waals surface area (Å²) < 4.78 is 5.53. The van der Waals surface area contributed by atoms with Crippen LogP contribution in [0, 0.1) is 0 Å². The Morgan fingerprint density at radius 2 is 2.21 bits per heavy atom. The molecule has 1 aliphatic heterocycles. The summed E-state index contributed by atoms with van der Waals surface area (Å²) >= 11 is 1.27. The molecule has 1 aromatic heterocycles. The summed E-state index contributed by atoms with van der Waals surface area (Å²) in [5.74, 6) is -0.806. The lowest BCUT2D eigenvalue weighted by Crippen LogP contribution is -2.34. The van der Waals surface area contributed by atoms with Crippen LogP contribution in [0.1, 0.15) is 23.2 Å². The summed E-state index contributed by atoms with van der Waals surface area (Å²) in [7, 11) is 0. The Morgan fingerprint density at radius 1 is 1.47 bits per heavy atom. The number of piperidine rings is 1. The van der Waals surface area contributed by atoms with Crippen molar-refractivity contribution in [1.82, 2.24) is 5.32 Å². The van der Waals surface area contributed by atoms with E-state index in [1.165, 1.54) is 11.3 Å². The van der Waals surface area contributed by atoms with Gasteiger partial charge in [0.25, 0.3) is 11.8 Å². The molecule has 2 heterocycles. The quantitative estimate of drug-likeness (QED) is 0.736. The Hall–Kier alpha value is -1.44. The molecule has 1 saturated heterocycles. The van der Waals surface area contributed by atoms with Gasteiger partial charge in [0.15, 0.2) is 0 Å². The predicted octanol–water partition coefficient (Wildman–Crippen LogP) is 0.554. The lowest BCUT2D eigenvalue weighted by molar-refractivity contribution is -0.123. The van der Waals surface area contributed by atoms with Crippen molar-refractivity contribution in [1.29, 1.82) is 0 Å². The number of carbonyl (C=O) groups is 2. The first-order valence-corrected chi connectivity index (χ1v) is 7.04. The Balaban J connectivity index is 1.80. The lowest BCUT2D eigenvalue weighted by atomic mass is 10.1. The smallest absolute Gasteiger partial charge is 0.251 e. The standard InChI is InChI=1S/C12H17N3O3S/c13-11(17)9-3-6-19-12(9)15-10(16)7-18-8-1-4-14-5-2-8/h3,6,8,14H,1-2,4-5,7H2,(H2,13,17)(H,15,16). The first-order chi connectivity index (χ1) is 9.16. The van der Waals surface area contributed by atoms with Crippen molar-refractivity contribution in [3.63, 3.8) is 0 Å². The zero-order valence-electron chi connectivity index (χ0n) is 10.5. The van der Waals surface area contributed by atoms with E-state index in [1.54, 1.807) is 11.4 Å². The highest BCUT2D eigenvalue weighted by molar-refractivity contribution is 7.14. The second-order valence-corrected chi connectivity index (χ2v) is 5.25. The van der Waals surface area contributed by atoms with Crippen molar-refractivity contribution in [2.75, 3.05) is 25.0 Å². The van der Waals surface area contributed by atoms with Crippen molar-refractivity contribution in [2.45, 2.75) is 18.9 Å². The fraction of sp³-hybridized carbons (Fsp3) is 0.500. The van der Waals surface area contributed by atoms with Gasteiger partial charge < -0.3 is 21.1 Å². The first-order valence-electron chi connectivity index (χ1n) is 6.16. The van der Waals surface area contributed by atoms with Crippen LogP contribution >= 0.6 is 11.3 Å². The topological polar surface area (TPSA) is 93.5 Å². The van der Waals surface area contributed by atoms with Crippen LogP contribution in [-0.4, -0.2) is 37.6 Å². The third-order valence-electron chi connectivity index (χ3n) is 2.92. The molecule has 6 nitrogen and oxygen atoms in total. The van der Waals surface area contributed by atoms with Crippen LogP contribution in [0.15, 0.2) is 11.4 Å². The maximum absolute atomic E-state index is 11.7. The van der Waals surface area contributed by atoms with Crippen LogP contribution in [0.2, 0.25) is 0 Å². The van der Waals surface area contributed by atoms with Crippen molar-refractivity contribution in [3.05, 3.63) is 17.0 Å². The SMILES string of the molecule is NC(=O)c1ccsc1NC(=O)COC1CCNCC1. The molecule has 0 spiro atoms. The molecular formula is C12H17N3O3S. The van der Waals surface area contributed by atoms with Crippen molar-refractivity contribution < 1.29 is 14.3 Å². The third kappa shape index (κ3) is 4.02. The molecule has 0 aromatic carbocycles.